The summed E-state index contributed by atoms with van der Waals surface area (Å²) in [5.41, 5.74) is 1.18. The van der Waals surface area contributed by atoms with Crippen molar-refractivity contribution in [1.82, 2.24) is 5.32 Å². The van der Waals surface area contributed by atoms with Gasteiger partial charge in [0.05, 0.1) is 0 Å². The molecular formula is C15H24ClNS. The Balaban J connectivity index is 2.51. The number of benzene rings is 1. The molecule has 0 aromatic heterocycles. The zero-order valence-corrected chi connectivity index (χ0v) is 13.4. The van der Waals surface area contributed by atoms with Crippen LogP contribution in [-0.2, 0) is 6.54 Å². The quantitative estimate of drug-likeness (QED) is 0.710. The minimum absolute atomic E-state index is 0.487. The zero-order chi connectivity index (χ0) is 13.5. The number of nitrogens with one attached hydrogen (secondary N) is 1. The predicted molar refractivity (Wildman–Crippen MR) is 83.6 cm³/mol. The number of hydrogen-bond donors (Lipinski definition) is 1. The molecule has 0 radical (unpaired) electrons. The normalized spacial score (nSPS) is 11.5. The molecule has 1 nitrogen and oxygen atoms in total. The maximum Gasteiger partial charge on any atom is 0.0462 e. The van der Waals surface area contributed by atoms with E-state index in [0.29, 0.717) is 6.04 Å². The Kier molecular flexibility index (Phi) is 7.13. The van der Waals surface area contributed by atoms with Gasteiger partial charge in [0, 0.05) is 22.5 Å². The molecule has 0 aliphatic heterocycles. The highest BCUT2D eigenvalue weighted by atomic mass is 35.5. The van der Waals surface area contributed by atoms with E-state index in [0.717, 1.165) is 23.2 Å². The highest BCUT2D eigenvalue weighted by Crippen LogP contribution is 2.26. The average Bonchev–Trinajstić information content (AvgIpc) is 2.27. The second-order valence-corrected chi connectivity index (χ2v) is 6.90. The van der Waals surface area contributed by atoms with Crippen molar-refractivity contribution in [2.75, 3.05) is 5.75 Å². The number of halogens is 1. The fourth-order valence-corrected chi connectivity index (χ4v) is 2.99. The fourth-order valence-electron chi connectivity index (χ4n) is 1.49. The molecule has 1 aromatic carbocycles. The van der Waals surface area contributed by atoms with Crippen LogP contribution in [0.5, 0.6) is 0 Å². The molecule has 0 heterocycles. The van der Waals surface area contributed by atoms with Gasteiger partial charge in [-0.2, -0.15) is 0 Å². The van der Waals surface area contributed by atoms with Gasteiger partial charge in [0.15, 0.2) is 0 Å². The van der Waals surface area contributed by atoms with Crippen molar-refractivity contribution in [2.45, 2.75) is 51.6 Å². The Morgan fingerprint density at radius 3 is 2.50 bits per heavy atom. The summed E-state index contributed by atoms with van der Waals surface area (Å²) < 4.78 is 0. The largest absolute Gasteiger partial charge is 0.310 e. The molecule has 0 atom stereocenters. The highest BCUT2D eigenvalue weighted by Gasteiger charge is 2.04. The fraction of sp³-hybridized carbons (Fsp3) is 0.600. The first-order valence-electron chi connectivity index (χ1n) is 6.63. The van der Waals surface area contributed by atoms with Gasteiger partial charge in [-0.05, 0) is 35.8 Å². The van der Waals surface area contributed by atoms with Crippen molar-refractivity contribution >= 4 is 23.4 Å². The summed E-state index contributed by atoms with van der Waals surface area (Å²) in [6, 6.07) is 6.88. The van der Waals surface area contributed by atoms with E-state index in [-0.39, 0.29) is 0 Å². The van der Waals surface area contributed by atoms with Crippen molar-refractivity contribution in [3.05, 3.63) is 28.8 Å². The van der Waals surface area contributed by atoms with Crippen LogP contribution >= 0.6 is 23.4 Å². The van der Waals surface area contributed by atoms with Gasteiger partial charge in [-0.1, -0.05) is 45.4 Å². The molecule has 0 fully saturated rings. The second-order valence-electron chi connectivity index (χ2n) is 5.32. The lowest BCUT2D eigenvalue weighted by Gasteiger charge is -2.11. The Hall–Kier alpha value is -0.180. The van der Waals surface area contributed by atoms with Crippen molar-refractivity contribution in [3.8, 4) is 0 Å². The van der Waals surface area contributed by atoms with Crippen LogP contribution in [0.3, 0.4) is 0 Å². The molecule has 1 aromatic rings. The van der Waals surface area contributed by atoms with Gasteiger partial charge < -0.3 is 5.32 Å². The standard InChI is InChI=1S/C15H24ClNS/c1-11(2)7-8-18-14-6-5-13(15(16)9-14)10-17-12(3)4/h5-6,9,11-12,17H,7-8,10H2,1-4H3. The lowest BCUT2D eigenvalue weighted by Crippen LogP contribution is -2.21. The molecule has 0 bridgehead atoms. The molecule has 0 amide bonds. The van der Waals surface area contributed by atoms with E-state index in [4.69, 9.17) is 11.6 Å². The van der Waals surface area contributed by atoms with Crippen LogP contribution in [0.1, 0.15) is 39.7 Å². The molecule has 0 saturated carbocycles. The average molecular weight is 286 g/mol. The van der Waals surface area contributed by atoms with E-state index in [1.807, 2.05) is 11.8 Å². The molecule has 1 N–H and O–H groups in total. The Labute approximate surface area is 121 Å². The van der Waals surface area contributed by atoms with Crippen molar-refractivity contribution in [3.63, 3.8) is 0 Å². The van der Waals surface area contributed by atoms with Gasteiger partial charge in [-0.3, -0.25) is 0 Å². The Bertz CT molecular complexity index is 364. The molecule has 3 heteroatoms. The summed E-state index contributed by atoms with van der Waals surface area (Å²) in [6.07, 6.45) is 1.25. The molecule has 0 aliphatic rings. The van der Waals surface area contributed by atoms with Gasteiger partial charge in [0.25, 0.3) is 0 Å². The molecule has 1 rings (SSSR count). The molecule has 0 unspecified atom stereocenters. The highest BCUT2D eigenvalue weighted by molar-refractivity contribution is 7.99. The number of thioether (sulfide) groups is 1. The van der Waals surface area contributed by atoms with Crippen LogP contribution in [0, 0.1) is 5.92 Å². The predicted octanol–water partition coefficient (Wildman–Crippen LogP) is 4.98. The topological polar surface area (TPSA) is 12.0 Å². The van der Waals surface area contributed by atoms with E-state index in [1.54, 1.807) is 0 Å². The van der Waals surface area contributed by atoms with Crippen LogP contribution in [-0.4, -0.2) is 11.8 Å². The molecule has 18 heavy (non-hydrogen) atoms. The van der Waals surface area contributed by atoms with E-state index < -0.39 is 0 Å². The van der Waals surface area contributed by atoms with Gasteiger partial charge in [-0.25, -0.2) is 0 Å². The maximum atomic E-state index is 6.30. The van der Waals surface area contributed by atoms with Gasteiger partial charge in [0.1, 0.15) is 0 Å². The monoisotopic (exact) mass is 285 g/mol. The minimum atomic E-state index is 0.487. The van der Waals surface area contributed by atoms with Gasteiger partial charge in [0.2, 0.25) is 0 Å². The molecular weight excluding hydrogens is 262 g/mol. The minimum Gasteiger partial charge on any atom is -0.310 e. The third kappa shape index (κ3) is 6.12. The van der Waals surface area contributed by atoms with Crippen LogP contribution in [0.15, 0.2) is 23.1 Å². The summed E-state index contributed by atoms with van der Waals surface area (Å²) in [6.45, 7) is 9.64. The Morgan fingerprint density at radius 2 is 1.94 bits per heavy atom. The first-order chi connectivity index (χ1) is 8.49. The van der Waals surface area contributed by atoms with E-state index in [1.165, 1.54) is 16.9 Å². The summed E-state index contributed by atoms with van der Waals surface area (Å²) in [5, 5.41) is 4.26. The summed E-state index contributed by atoms with van der Waals surface area (Å²) in [4.78, 5) is 1.27. The first-order valence-corrected chi connectivity index (χ1v) is 8.00. The number of hydrogen-bond acceptors (Lipinski definition) is 2. The second kappa shape index (κ2) is 8.08. The summed E-state index contributed by atoms with van der Waals surface area (Å²) in [5.74, 6) is 1.93. The van der Waals surface area contributed by atoms with E-state index in [2.05, 4.69) is 51.2 Å². The summed E-state index contributed by atoms with van der Waals surface area (Å²) >= 11 is 8.19. The van der Waals surface area contributed by atoms with Crippen LogP contribution in [0.2, 0.25) is 5.02 Å². The molecule has 102 valence electrons. The lowest BCUT2D eigenvalue weighted by atomic mass is 10.2. The third-order valence-electron chi connectivity index (χ3n) is 2.69. The molecule has 0 saturated heterocycles. The Morgan fingerprint density at radius 1 is 1.22 bits per heavy atom. The first kappa shape index (κ1) is 15.9. The zero-order valence-electron chi connectivity index (χ0n) is 11.8. The van der Waals surface area contributed by atoms with E-state index in [9.17, 15) is 0 Å². The van der Waals surface area contributed by atoms with Crippen molar-refractivity contribution < 1.29 is 0 Å². The molecule has 0 aliphatic carbocycles. The SMILES string of the molecule is CC(C)CCSc1ccc(CNC(C)C)c(Cl)c1. The van der Waals surface area contributed by atoms with Crippen molar-refractivity contribution in [2.24, 2.45) is 5.92 Å². The number of rotatable bonds is 7. The maximum absolute atomic E-state index is 6.30. The smallest absolute Gasteiger partial charge is 0.0462 e. The van der Waals surface area contributed by atoms with Crippen LogP contribution in [0.25, 0.3) is 0 Å². The lowest BCUT2D eigenvalue weighted by molar-refractivity contribution is 0.589. The summed E-state index contributed by atoms with van der Waals surface area (Å²) in [7, 11) is 0. The van der Waals surface area contributed by atoms with Crippen LogP contribution in [0.4, 0.5) is 0 Å². The van der Waals surface area contributed by atoms with E-state index >= 15 is 0 Å². The van der Waals surface area contributed by atoms with Gasteiger partial charge in [-0.15, -0.1) is 11.8 Å². The third-order valence-corrected chi connectivity index (χ3v) is 4.07. The van der Waals surface area contributed by atoms with Crippen molar-refractivity contribution in [1.29, 1.82) is 0 Å². The molecule has 0 spiro atoms. The van der Waals surface area contributed by atoms with Gasteiger partial charge >= 0.3 is 0 Å². The van der Waals surface area contributed by atoms with Crippen LogP contribution < -0.4 is 5.32 Å².